The fraction of sp³-hybridized carbons (Fsp3) is 0.0769. The zero-order chi connectivity index (χ0) is 23.2. The third kappa shape index (κ3) is 3.19. The molecule has 0 saturated heterocycles. The lowest BCUT2D eigenvalue weighted by Crippen LogP contribution is -2.32. The van der Waals surface area contributed by atoms with E-state index in [1.54, 1.807) is 12.0 Å². The largest absolute Gasteiger partial charge is 0.497 e. The lowest BCUT2D eigenvalue weighted by Gasteiger charge is -2.17. The fourth-order valence-corrected chi connectivity index (χ4v) is 5.17. The van der Waals surface area contributed by atoms with Crippen molar-refractivity contribution in [2.24, 2.45) is 0 Å². The molecule has 0 radical (unpaired) electrons. The molecular weight excluding hydrogens is 448 g/mol. The summed E-state index contributed by atoms with van der Waals surface area (Å²) in [7, 11) is 1.60. The minimum atomic E-state index is -0.341. The van der Waals surface area contributed by atoms with Crippen molar-refractivity contribution < 1.29 is 9.53 Å². The number of para-hydroxylation sites is 1. The zero-order valence-electron chi connectivity index (χ0n) is 18.1. The first kappa shape index (κ1) is 20.3. The molecule has 7 nitrogen and oxygen atoms in total. The predicted molar refractivity (Wildman–Crippen MR) is 131 cm³/mol. The Morgan fingerprint density at radius 2 is 1.65 bits per heavy atom. The molecule has 0 saturated carbocycles. The molecule has 2 aromatic heterocycles. The van der Waals surface area contributed by atoms with Gasteiger partial charge in [-0.25, -0.2) is 0 Å². The Morgan fingerprint density at radius 1 is 0.912 bits per heavy atom. The van der Waals surface area contributed by atoms with Crippen molar-refractivity contribution in [1.29, 1.82) is 0 Å². The summed E-state index contributed by atoms with van der Waals surface area (Å²) in [5, 5.41) is 4.42. The molecule has 0 unspecified atom stereocenters. The van der Waals surface area contributed by atoms with Crippen molar-refractivity contribution in [3.8, 4) is 17.1 Å². The molecule has 1 aliphatic rings. The van der Waals surface area contributed by atoms with Gasteiger partial charge in [-0.15, -0.1) is 5.10 Å². The van der Waals surface area contributed by atoms with Crippen LogP contribution < -0.4 is 19.7 Å². The number of rotatable bonds is 4. The van der Waals surface area contributed by atoms with Crippen LogP contribution in [0.3, 0.4) is 0 Å². The Balaban J connectivity index is 1.47. The third-order valence-corrected chi connectivity index (χ3v) is 6.87. The number of hydrogen-bond donors (Lipinski definition) is 0. The van der Waals surface area contributed by atoms with Crippen molar-refractivity contribution in [2.75, 3.05) is 12.0 Å². The van der Waals surface area contributed by atoms with E-state index in [0.717, 1.165) is 28.1 Å². The topological polar surface area (TPSA) is 76.8 Å². The molecule has 0 bridgehead atoms. The van der Waals surface area contributed by atoms with Crippen molar-refractivity contribution in [3.63, 3.8) is 0 Å². The molecule has 3 aromatic carbocycles. The molecule has 1 amide bonds. The quantitative estimate of drug-likeness (QED) is 0.406. The van der Waals surface area contributed by atoms with Crippen molar-refractivity contribution in [3.05, 3.63) is 105 Å². The maximum absolute atomic E-state index is 13.6. The average Bonchev–Trinajstić information content (AvgIpc) is 3.51. The second kappa shape index (κ2) is 7.93. The van der Waals surface area contributed by atoms with Gasteiger partial charge >= 0.3 is 0 Å². The second-order valence-electron chi connectivity index (χ2n) is 7.86. The molecule has 0 N–H and O–H groups in total. The molecule has 0 aliphatic carbocycles. The van der Waals surface area contributed by atoms with E-state index in [4.69, 9.17) is 4.74 Å². The first-order valence-electron chi connectivity index (χ1n) is 10.7. The van der Waals surface area contributed by atoms with Gasteiger partial charge in [-0.3, -0.25) is 9.59 Å². The van der Waals surface area contributed by atoms with Crippen LogP contribution in [-0.2, 0) is 11.3 Å². The minimum absolute atomic E-state index is 0.193. The fourth-order valence-electron chi connectivity index (χ4n) is 4.17. The molecule has 5 aromatic rings. The maximum Gasteiger partial charge on any atom is 0.291 e. The summed E-state index contributed by atoms with van der Waals surface area (Å²) in [4.78, 5) is 33.6. The molecule has 166 valence electrons. The normalized spacial score (nSPS) is 14.6. The van der Waals surface area contributed by atoms with E-state index in [1.165, 1.54) is 15.9 Å². The van der Waals surface area contributed by atoms with Gasteiger partial charge in [0.1, 0.15) is 10.3 Å². The zero-order valence-corrected chi connectivity index (χ0v) is 19.0. The summed E-state index contributed by atoms with van der Waals surface area (Å²) in [5.74, 6) is 0.986. The van der Waals surface area contributed by atoms with E-state index in [1.807, 2.05) is 78.9 Å². The van der Waals surface area contributed by atoms with E-state index in [2.05, 4.69) is 10.1 Å². The Labute approximate surface area is 198 Å². The van der Waals surface area contributed by atoms with Crippen molar-refractivity contribution >= 4 is 33.5 Å². The van der Waals surface area contributed by atoms with Gasteiger partial charge in [0, 0.05) is 11.1 Å². The monoisotopic (exact) mass is 466 g/mol. The summed E-state index contributed by atoms with van der Waals surface area (Å²) < 4.78 is 6.82. The molecule has 0 atom stereocenters. The molecule has 34 heavy (non-hydrogen) atoms. The minimum Gasteiger partial charge on any atom is -0.497 e. The van der Waals surface area contributed by atoms with E-state index in [-0.39, 0.29) is 11.5 Å². The number of hydrogen-bond acceptors (Lipinski definition) is 6. The van der Waals surface area contributed by atoms with Gasteiger partial charge in [-0.05, 0) is 35.9 Å². The Morgan fingerprint density at radius 3 is 2.38 bits per heavy atom. The van der Waals surface area contributed by atoms with Gasteiger partial charge < -0.3 is 9.64 Å². The van der Waals surface area contributed by atoms with Gasteiger partial charge in [0.15, 0.2) is 5.82 Å². The van der Waals surface area contributed by atoms with E-state index >= 15 is 0 Å². The molecule has 8 heteroatoms. The number of thiazole rings is 1. The first-order valence-corrected chi connectivity index (χ1v) is 11.5. The summed E-state index contributed by atoms with van der Waals surface area (Å²) in [5.41, 5.74) is 3.40. The molecule has 1 aliphatic heterocycles. The van der Waals surface area contributed by atoms with Crippen LogP contribution >= 0.6 is 11.3 Å². The lowest BCUT2D eigenvalue weighted by molar-refractivity contribution is -0.113. The standard InChI is InChI=1S/C26H18N4O3S/c1-33-18-13-11-17(12-14-18)23-27-26-30(28-23)25(32)22(34-26)21-19-9-5-6-10-20(19)29(24(21)31)15-16-7-3-2-4-8-16/h2-14H,15H2,1H3/b22-21-. The summed E-state index contributed by atoms with van der Waals surface area (Å²) in [6, 6.07) is 24.7. The highest BCUT2D eigenvalue weighted by atomic mass is 32.1. The summed E-state index contributed by atoms with van der Waals surface area (Å²) >= 11 is 1.19. The highest BCUT2D eigenvalue weighted by molar-refractivity contribution is 7.15. The van der Waals surface area contributed by atoms with Gasteiger partial charge in [-0.1, -0.05) is 59.9 Å². The van der Waals surface area contributed by atoms with Gasteiger partial charge in [0.25, 0.3) is 11.5 Å². The average molecular weight is 467 g/mol. The van der Waals surface area contributed by atoms with Crippen LogP contribution in [0, 0.1) is 0 Å². The Hall–Kier alpha value is -4.30. The number of nitrogens with zero attached hydrogens (tertiary/aromatic N) is 4. The van der Waals surface area contributed by atoms with Crippen LogP contribution in [-0.4, -0.2) is 27.6 Å². The van der Waals surface area contributed by atoms with Gasteiger partial charge in [0.05, 0.1) is 24.9 Å². The molecule has 0 spiro atoms. The number of ether oxygens (including phenoxy) is 1. The van der Waals surface area contributed by atoms with Crippen LogP contribution in [0.2, 0.25) is 0 Å². The van der Waals surface area contributed by atoms with Crippen molar-refractivity contribution in [1.82, 2.24) is 14.6 Å². The molecule has 0 fully saturated rings. The summed E-state index contributed by atoms with van der Waals surface area (Å²) in [6.45, 7) is 0.427. The highest BCUT2D eigenvalue weighted by Crippen LogP contribution is 2.36. The van der Waals surface area contributed by atoms with E-state index in [0.29, 0.717) is 27.4 Å². The number of carbonyl (C=O) groups excluding carboxylic acids is 1. The molecule has 3 heterocycles. The Bertz CT molecular complexity index is 1660. The van der Waals surface area contributed by atoms with Crippen LogP contribution in [0.1, 0.15) is 11.1 Å². The van der Waals surface area contributed by atoms with E-state index in [9.17, 15) is 9.59 Å². The maximum atomic E-state index is 13.6. The van der Waals surface area contributed by atoms with E-state index < -0.39 is 0 Å². The number of aromatic nitrogens is 3. The number of amides is 1. The Kier molecular flexibility index (Phi) is 4.74. The predicted octanol–water partition coefficient (Wildman–Crippen LogP) is 3.29. The third-order valence-electron chi connectivity index (χ3n) is 5.84. The lowest BCUT2D eigenvalue weighted by atomic mass is 10.1. The molecular formula is C26H18N4O3S. The SMILES string of the molecule is COc1ccc(-c2nc3s/c(=C4\C(=O)N(Cc5ccccc5)c5ccccc54)c(=O)n3n2)cc1. The molecule has 6 rings (SSSR count). The van der Waals surface area contributed by atoms with Crippen LogP contribution in [0.5, 0.6) is 5.75 Å². The second-order valence-corrected chi connectivity index (χ2v) is 8.84. The van der Waals surface area contributed by atoms with Crippen LogP contribution in [0.4, 0.5) is 5.69 Å². The van der Waals surface area contributed by atoms with Crippen LogP contribution in [0.25, 0.3) is 21.9 Å². The smallest absolute Gasteiger partial charge is 0.291 e. The summed E-state index contributed by atoms with van der Waals surface area (Å²) in [6.07, 6.45) is 0. The van der Waals surface area contributed by atoms with Crippen molar-refractivity contribution in [2.45, 2.75) is 6.54 Å². The van der Waals surface area contributed by atoms with Crippen LogP contribution in [0.15, 0.2) is 83.7 Å². The number of benzene rings is 3. The number of methoxy groups -OCH3 is 1. The number of fused-ring (bicyclic) bond motifs is 2. The van der Waals surface area contributed by atoms with Gasteiger partial charge in [-0.2, -0.15) is 9.50 Å². The highest BCUT2D eigenvalue weighted by Gasteiger charge is 2.34. The first-order chi connectivity index (χ1) is 16.6. The number of carbonyl (C=O) groups is 1. The number of anilines is 1. The van der Waals surface area contributed by atoms with Gasteiger partial charge in [0.2, 0.25) is 4.96 Å².